The van der Waals surface area contributed by atoms with Gasteiger partial charge in [-0.05, 0) is 30.7 Å². The number of rotatable bonds is 5. The molecule has 5 nitrogen and oxygen atoms in total. The number of carboxylic acid groups (broad SMARTS) is 2. The van der Waals surface area contributed by atoms with E-state index in [1.165, 1.54) is 0 Å². The Bertz CT molecular complexity index is 707. The standard InChI is InChI=1S/C20H24FNO4/c21-17-14(10-12-6-7-12)16-9-8-15(17)20(18(23)24,22(16)19(25)26)11-13-4-2-1-3-5-13/h1-5,12,14-17H,6-11H2,(H,23,24)(H,25,26)/t14-,15+,16-,17+,20-/m0/s1. The Hall–Kier alpha value is -2.11. The predicted octanol–water partition coefficient (Wildman–Crippen LogP) is 3.58. The van der Waals surface area contributed by atoms with Crippen LogP contribution in [-0.2, 0) is 11.2 Å². The highest BCUT2D eigenvalue weighted by Gasteiger charge is 2.66. The molecule has 4 fully saturated rings. The number of hydrogen-bond acceptors (Lipinski definition) is 2. The number of carboxylic acids is 1. The summed E-state index contributed by atoms with van der Waals surface area (Å²) in [6.45, 7) is 0. The number of aliphatic carboxylic acids is 1. The Labute approximate surface area is 151 Å². The zero-order valence-corrected chi connectivity index (χ0v) is 14.6. The van der Waals surface area contributed by atoms with Crippen LogP contribution in [0.5, 0.6) is 0 Å². The molecule has 0 radical (unpaired) electrons. The van der Waals surface area contributed by atoms with E-state index in [4.69, 9.17) is 0 Å². The van der Waals surface area contributed by atoms with Crippen LogP contribution in [0.15, 0.2) is 30.3 Å². The maximum atomic E-state index is 15.4. The molecule has 2 aliphatic carbocycles. The van der Waals surface area contributed by atoms with Crippen LogP contribution >= 0.6 is 0 Å². The van der Waals surface area contributed by atoms with Crippen LogP contribution in [0.3, 0.4) is 0 Å². The third-order valence-electron chi connectivity index (χ3n) is 6.63. The van der Waals surface area contributed by atoms with Gasteiger partial charge in [-0.3, -0.25) is 4.90 Å². The first-order valence-corrected chi connectivity index (χ1v) is 9.39. The topological polar surface area (TPSA) is 77.8 Å². The normalized spacial score (nSPS) is 36.1. The summed E-state index contributed by atoms with van der Waals surface area (Å²) in [6.07, 6.45) is 1.30. The molecule has 6 heteroatoms. The van der Waals surface area contributed by atoms with Crippen LogP contribution in [0.2, 0.25) is 0 Å². The minimum absolute atomic E-state index is 0.00715. The molecule has 0 aromatic heterocycles. The smallest absolute Gasteiger partial charge is 0.408 e. The van der Waals surface area contributed by atoms with Crippen molar-refractivity contribution in [3.63, 3.8) is 0 Å². The number of hydrogen-bond donors (Lipinski definition) is 2. The van der Waals surface area contributed by atoms with Crippen molar-refractivity contribution in [2.24, 2.45) is 17.8 Å². The molecule has 2 saturated carbocycles. The Kier molecular flexibility index (Phi) is 4.16. The molecule has 2 aliphatic heterocycles. The van der Waals surface area contributed by atoms with Gasteiger partial charge in [0, 0.05) is 24.3 Å². The Morgan fingerprint density at radius 2 is 1.81 bits per heavy atom. The van der Waals surface area contributed by atoms with Gasteiger partial charge in [-0.2, -0.15) is 0 Å². The summed E-state index contributed by atoms with van der Waals surface area (Å²) >= 11 is 0. The average Bonchev–Trinajstić information content (AvgIpc) is 3.42. The second kappa shape index (κ2) is 6.25. The van der Waals surface area contributed by atoms with E-state index in [2.05, 4.69) is 0 Å². The monoisotopic (exact) mass is 361 g/mol. The van der Waals surface area contributed by atoms with Gasteiger partial charge in [0.2, 0.25) is 0 Å². The molecule has 1 aromatic carbocycles. The molecule has 1 amide bonds. The van der Waals surface area contributed by atoms with Crippen molar-refractivity contribution in [2.45, 2.75) is 56.3 Å². The number of fused-ring (bicyclic) bond motifs is 3. The number of alkyl halides is 1. The maximum absolute atomic E-state index is 15.4. The van der Waals surface area contributed by atoms with E-state index in [9.17, 15) is 19.8 Å². The van der Waals surface area contributed by atoms with Gasteiger partial charge in [0.15, 0.2) is 5.54 Å². The number of amides is 1. The first-order chi connectivity index (χ1) is 12.4. The summed E-state index contributed by atoms with van der Waals surface area (Å²) < 4.78 is 15.4. The van der Waals surface area contributed by atoms with Crippen LogP contribution in [0.1, 0.15) is 37.7 Å². The van der Waals surface area contributed by atoms with Crippen molar-refractivity contribution in [3.05, 3.63) is 35.9 Å². The zero-order chi connectivity index (χ0) is 18.5. The molecule has 0 unspecified atom stereocenters. The van der Waals surface area contributed by atoms with Crippen molar-refractivity contribution >= 4 is 12.1 Å². The summed E-state index contributed by atoms with van der Waals surface area (Å²) in [6, 6.07) is 8.42. The number of benzene rings is 1. The van der Waals surface area contributed by atoms with Crippen molar-refractivity contribution in [2.75, 3.05) is 0 Å². The molecular weight excluding hydrogens is 337 g/mol. The van der Waals surface area contributed by atoms with E-state index in [1.54, 1.807) is 24.3 Å². The Morgan fingerprint density at radius 1 is 1.12 bits per heavy atom. The number of nitrogens with zero attached hydrogens (tertiary/aromatic N) is 1. The first kappa shape index (κ1) is 17.3. The summed E-state index contributed by atoms with van der Waals surface area (Å²) in [5.41, 5.74) is -1.00. The van der Waals surface area contributed by atoms with Crippen LogP contribution in [0.25, 0.3) is 0 Å². The highest BCUT2D eigenvalue weighted by molar-refractivity contribution is 5.86. The average molecular weight is 361 g/mol. The van der Waals surface area contributed by atoms with Crippen LogP contribution < -0.4 is 0 Å². The van der Waals surface area contributed by atoms with Crippen molar-refractivity contribution in [1.29, 1.82) is 0 Å². The predicted molar refractivity (Wildman–Crippen MR) is 92.6 cm³/mol. The van der Waals surface area contributed by atoms with Crippen LogP contribution in [0, 0.1) is 17.8 Å². The molecule has 0 spiro atoms. The second-order valence-corrected chi connectivity index (χ2v) is 8.08. The third kappa shape index (κ3) is 2.58. The third-order valence-corrected chi connectivity index (χ3v) is 6.63. The van der Waals surface area contributed by atoms with Gasteiger partial charge in [-0.25, -0.2) is 14.0 Å². The highest BCUT2D eigenvalue weighted by atomic mass is 19.1. The van der Waals surface area contributed by atoms with E-state index in [0.717, 1.165) is 23.3 Å². The lowest BCUT2D eigenvalue weighted by molar-refractivity contribution is -0.184. The van der Waals surface area contributed by atoms with E-state index >= 15 is 4.39 Å². The molecule has 2 heterocycles. The molecule has 5 rings (SSSR count). The van der Waals surface area contributed by atoms with Gasteiger partial charge < -0.3 is 10.2 Å². The SMILES string of the molecule is O=C(O)N1[C@H]2CC[C@H]([C@H](F)[C@H]2CC2CC2)[C@@]1(Cc1ccccc1)C(=O)O. The van der Waals surface area contributed by atoms with Gasteiger partial charge in [0.05, 0.1) is 0 Å². The first-order valence-electron chi connectivity index (χ1n) is 9.39. The fraction of sp³-hybridized carbons (Fsp3) is 0.600. The summed E-state index contributed by atoms with van der Waals surface area (Å²) in [4.78, 5) is 25.7. The lowest BCUT2D eigenvalue weighted by Gasteiger charge is -2.60. The van der Waals surface area contributed by atoms with E-state index in [-0.39, 0.29) is 12.3 Å². The van der Waals surface area contributed by atoms with E-state index in [1.807, 2.05) is 6.07 Å². The zero-order valence-electron chi connectivity index (χ0n) is 14.6. The molecular formula is C20H24FNO4. The summed E-state index contributed by atoms with van der Waals surface area (Å²) in [5, 5.41) is 20.0. The largest absolute Gasteiger partial charge is 0.479 e. The molecule has 2 saturated heterocycles. The summed E-state index contributed by atoms with van der Waals surface area (Å²) in [5.74, 6) is -1.93. The number of halogens is 1. The van der Waals surface area contributed by atoms with Crippen molar-refractivity contribution in [3.8, 4) is 0 Å². The molecule has 140 valence electrons. The molecule has 1 aromatic rings. The minimum Gasteiger partial charge on any atom is -0.479 e. The fourth-order valence-electron chi connectivity index (χ4n) is 5.33. The van der Waals surface area contributed by atoms with Crippen molar-refractivity contribution in [1.82, 2.24) is 4.90 Å². The Balaban J connectivity index is 1.76. The number of piperidine rings is 2. The molecule has 2 bridgehead atoms. The lowest BCUT2D eigenvalue weighted by Crippen LogP contribution is -2.75. The quantitative estimate of drug-likeness (QED) is 0.840. The van der Waals surface area contributed by atoms with Gasteiger partial charge >= 0.3 is 12.1 Å². The van der Waals surface area contributed by atoms with Gasteiger partial charge in [-0.1, -0.05) is 43.2 Å². The Morgan fingerprint density at radius 3 is 2.38 bits per heavy atom. The lowest BCUT2D eigenvalue weighted by atomic mass is 9.58. The highest BCUT2D eigenvalue weighted by Crippen LogP contribution is 2.54. The van der Waals surface area contributed by atoms with Gasteiger partial charge in [0.1, 0.15) is 6.17 Å². The molecule has 5 atom stereocenters. The maximum Gasteiger partial charge on any atom is 0.408 e. The van der Waals surface area contributed by atoms with Crippen LogP contribution in [-0.4, -0.2) is 44.9 Å². The van der Waals surface area contributed by atoms with Gasteiger partial charge in [0.25, 0.3) is 0 Å². The fourth-order valence-corrected chi connectivity index (χ4v) is 5.33. The van der Waals surface area contributed by atoms with Gasteiger partial charge in [-0.15, -0.1) is 0 Å². The number of carbonyl (C=O) groups is 2. The molecule has 26 heavy (non-hydrogen) atoms. The van der Waals surface area contributed by atoms with E-state index in [0.29, 0.717) is 25.2 Å². The van der Waals surface area contributed by atoms with Crippen LogP contribution in [0.4, 0.5) is 9.18 Å². The molecule has 4 aliphatic rings. The second-order valence-electron chi connectivity index (χ2n) is 8.08. The summed E-state index contributed by atoms with van der Waals surface area (Å²) in [7, 11) is 0. The minimum atomic E-state index is -1.73. The van der Waals surface area contributed by atoms with E-state index < -0.39 is 35.7 Å². The van der Waals surface area contributed by atoms with Crippen molar-refractivity contribution < 1.29 is 24.2 Å². The molecule has 2 N–H and O–H groups in total.